The fourth-order valence-electron chi connectivity index (χ4n) is 5.34. The van der Waals surface area contributed by atoms with Crippen LogP contribution in [0.5, 0.6) is 5.75 Å². The molecule has 1 spiro atoms. The van der Waals surface area contributed by atoms with Crippen molar-refractivity contribution in [2.24, 2.45) is 0 Å². The lowest BCUT2D eigenvalue weighted by atomic mass is 9.79. The van der Waals surface area contributed by atoms with Gasteiger partial charge in [0.1, 0.15) is 11.3 Å². The minimum Gasteiger partial charge on any atom is -0.497 e. The molecule has 1 atom stereocenters. The van der Waals surface area contributed by atoms with Gasteiger partial charge >= 0.3 is 0 Å². The van der Waals surface area contributed by atoms with Gasteiger partial charge in [-0.05, 0) is 50.5 Å². The molecule has 0 bridgehead atoms. The van der Waals surface area contributed by atoms with E-state index in [0.29, 0.717) is 24.4 Å². The quantitative estimate of drug-likeness (QED) is 0.773. The number of carbonyl (C=O) groups is 2. The normalized spacial score (nSPS) is 20.9. The molecule has 1 aliphatic carbocycles. The highest BCUT2D eigenvalue weighted by Gasteiger charge is 2.49. The first-order valence-electron chi connectivity index (χ1n) is 10.6. The number of rotatable bonds is 4. The van der Waals surface area contributed by atoms with Gasteiger partial charge in [0.2, 0.25) is 5.91 Å². The first kappa shape index (κ1) is 19.8. The highest BCUT2D eigenvalue weighted by molar-refractivity contribution is 5.96. The Morgan fingerprint density at radius 2 is 2.00 bits per heavy atom. The van der Waals surface area contributed by atoms with Crippen LogP contribution in [-0.4, -0.2) is 53.4 Å². The maximum atomic E-state index is 13.3. The molecule has 1 saturated carbocycles. The van der Waals surface area contributed by atoms with Crippen molar-refractivity contribution in [3.8, 4) is 5.75 Å². The largest absolute Gasteiger partial charge is 0.497 e. The molecule has 4 rings (SSSR count). The molecule has 1 aromatic carbocycles. The van der Waals surface area contributed by atoms with Crippen LogP contribution in [0.1, 0.15) is 62.9 Å². The summed E-state index contributed by atoms with van der Waals surface area (Å²) in [5.74, 6) is 1.09. The highest BCUT2D eigenvalue weighted by atomic mass is 16.5. The number of methoxy groups -OCH3 is 1. The molecule has 6 heteroatoms. The number of likely N-dealkylation sites (N-methyl/N-ethyl adjacent to an activating group) is 1. The summed E-state index contributed by atoms with van der Waals surface area (Å²) in [7, 11) is 1.62. The minimum absolute atomic E-state index is 0.0252. The van der Waals surface area contributed by atoms with E-state index < -0.39 is 0 Å². The van der Waals surface area contributed by atoms with Crippen molar-refractivity contribution in [2.75, 3.05) is 20.2 Å². The van der Waals surface area contributed by atoms with Crippen molar-refractivity contribution in [3.05, 3.63) is 30.0 Å². The summed E-state index contributed by atoms with van der Waals surface area (Å²) in [4.78, 5) is 29.6. The first-order chi connectivity index (χ1) is 14.0. The number of hydrogen-bond acceptors (Lipinski definition) is 4. The van der Waals surface area contributed by atoms with Crippen LogP contribution in [0.3, 0.4) is 0 Å². The van der Waals surface area contributed by atoms with Crippen LogP contribution in [0, 0.1) is 0 Å². The molecule has 156 valence electrons. The summed E-state index contributed by atoms with van der Waals surface area (Å²) in [5.41, 5.74) is 0.592. The van der Waals surface area contributed by atoms with E-state index >= 15 is 0 Å². The molecule has 0 N–H and O–H groups in total. The predicted molar refractivity (Wildman–Crippen MR) is 111 cm³/mol. The van der Waals surface area contributed by atoms with E-state index in [-0.39, 0.29) is 23.4 Å². The summed E-state index contributed by atoms with van der Waals surface area (Å²) in [6, 6.07) is 7.34. The van der Waals surface area contributed by atoms with Crippen molar-refractivity contribution >= 4 is 22.8 Å². The average molecular weight is 399 g/mol. The number of furan rings is 1. The monoisotopic (exact) mass is 398 g/mol. The Morgan fingerprint density at radius 3 is 2.66 bits per heavy atom. The lowest BCUT2D eigenvalue weighted by Gasteiger charge is -2.41. The van der Waals surface area contributed by atoms with E-state index in [1.165, 1.54) is 6.42 Å². The summed E-state index contributed by atoms with van der Waals surface area (Å²) in [6.45, 7) is 4.85. The van der Waals surface area contributed by atoms with E-state index in [1.807, 2.05) is 34.9 Å². The fraction of sp³-hybridized carbons (Fsp3) is 0.565. The molecule has 0 unspecified atom stereocenters. The number of benzene rings is 1. The number of nitrogens with zero attached hydrogens (tertiary/aromatic N) is 2. The molecular formula is C23H30N2O4. The molecule has 1 aromatic heterocycles. The van der Waals surface area contributed by atoms with Crippen molar-refractivity contribution in [1.82, 2.24) is 9.80 Å². The molecule has 29 heavy (non-hydrogen) atoms. The summed E-state index contributed by atoms with van der Waals surface area (Å²) < 4.78 is 11.1. The third-order valence-electron chi connectivity index (χ3n) is 6.72. The van der Waals surface area contributed by atoms with Crippen LogP contribution in [0.25, 0.3) is 11.0 Å². The van der Waals surface area contributed by atoms with Gasteiger partial charge in [-0.2, -0.15) is 0 Å². The minimum atomic E-state index is -0.107. The number of amides is 2. The summed E-state index contributed by atoms with van der Waals surface area (Å²) in [6.07, 6.45) is 6.49. The maximum absolute atomic E-state index is 13.3. The number of fused-ring (bicyclic) bond motifs is 1. The molecule has 2 amide bonds. The topological polar surface area (TPSA) is 63.0 Å². The van der Waals surface area contributed by atoms with E-state index in [4.69, 9.17) is 9.15 Å². The van der Waals surface area contributed by atoms with Crippen molar-refractivity contribution < 1.29 is 18.7 Å². The third-order valence-corrected chi connectivity index (χ3v) is 6.72. The highest BCUT2D eigenvalue weighted by Crippen LogP contribution is 2.43. The molecule has 1 saturated heterocycles. The predicted octanol–water partition coefficient (Wildman–Crippen LogP) is 4.23. The van der Waals surface area contributed by atoms with Gasteiger partial charge < -0.3 is 19.0 Å². The molecular weight excluding hydrogens is 368 g/mol. The lowest BCUT2D eigenvalue weighted by Crippen LogP contribution is -2.47. The number of hydrogen-bond donors (Lipinski definition) is 0. The number of likely N-dealkylation sites (tertiary alicyclic amines) is 1. The average Bonchev–Trinajstić information content (AvgIpc) is 3.30. The zero-order valence-electron chi connectivity index (χ0n) is 17.6. The SMILES string of the molecule is CCN(C(=O)c1cc2cc(OC)ccc2o1)[C@H]1CN(C(C)=O)C2(CCCCC2)C1. The third kappa shape index (κ3) is 3.49. The Labute approximate surface area is 171 Å². The molecule has 2 aromatic rings. The van der Waals surface area contributed by atoms with E-state index in [2.05, 4.69) is 0 Å². The molecule has 0 radical (unpaired) electrons. The second-order valence-electron chi connectivity index (χ2n) is 8.38. The van der Waals surface area contributed by atoms with Gasteiger partial charge in [0.15, 0.2) is 5.76 Å². The van der Waals surface area contributed by atoms with E-state index in [9.17, 15) is 9.59 Å². The summed E-state index contributed by atoms with van der Waals surface area (Å²) in [5, 5.41) is 0.851. The molecule has 2 fully saturated rings. The van der Waals surface area contributed by atoms with Gasteiger partial charge in [-0.25, -0.2) is 0 Å². The maximum Gasteiger partial charge on any atom is 0.289 e. The Morgan fingerprint density at radius 1 is 1.24 bits per heavy atom. The zero-order chi connectivity index (χ0) is 20.6. The Hall–Kier alpha value is -2.50. The van der Waals surface area contributed by atoms with Gasteiger partial charge in [-0.1, -0.05) is 19.3 Å². The zero-order valence-corrected chi connectivity index (χ0v) is 17.6. The van der Waals surface area contributed by atoms with Crippen molar-refractivity contribution in [2.45, 2.75) is 64.0 Å². The second kappa shape index (κ2) is 7.73. The van der Waals surface area contributed by atoms with Crippen LogP contribution < -0.4 is 4.74 Å². The van der Waals surface area contributed by atoms with Crippen LogP contribution in [0.4, 0.5) is 0 Å². The molecule has 2 heterocycles. The second-order valence-corrected chi connectivity index (χ2v) is 8.38. The van der Waals surface area contributed by atoms with Gasteiger partial charge in [0.05, 0.1) is 13.2 Å². The standard InChI is InChI=1S/C23H30N2O4/c1-4-24(18-14-23(10-6-5-7-11-23)25(15-18)16(2)26)22(27)21-13-17-12-19(28-3)8-9-20(17)29-21/h8-9,12-13,18H,4-7,10-11,14-15H2,1-3H3/t18-/m1/s1. The van der Waals surface area contributed by atoms with Crippen molar-refractivity contribution in [3.63, 3.8) is 0 Å². The van der Waals surface area contributed by atoms with E-state index in [1.54, 1.807) is 20.1 Å². The molecule has 2 aliphatic rings. The Kier molecular flexibility index (Phi) is 5.28. The lowest BCUT2D eigenvalue weighted by molar-refractivity contribution is -0.134. The van der Waals surface area contributed by atoms with Crippen LogP contribution in [-0.2, 0) is 4.79 Å². The first-order valence-corrected chi connectivity index (χ1v) is 10.6. The smallest absolute Gasteiger partial charge is 0.289 e. The van der Waals surface area contributed by atoms with Gasteiger partial charge in [0.25, 0.3) is 5.91 Å². The van der Waals surface area contributed by atoms with Crippen LogP contribution in [0.2, 0.25) is 0 Å². The Bertz CT molecular complexity index is 913. The van der Waals surface area contributed by atoms with Crippen LogP contribution in [0.15, 0.2) is 28.7 Å². The number of carbonyl (C=O) groups excluding carboxylic acids is 2. The van der Waals surface area contributed by atoms with Gasteiger partial charge in [0, 0.05) is 30.9 Å². The Balaban J connectivity index is 1.60. The van der Waals surface area contributed by atoms with E-state index in [0.717, 1.165) is 43.2 Å². The van der Waals surface area contributed by atoms with Gasteiger partial charge in [-0.3, -0.25) is 9.59 Å². The molecule has 6 nitrogen and oxygen atoms in total. The number of ether oxygens (including phenoxy) is 1. The van der Waals surface area contributed by atoms with Gasteiger partial charge in [-0.15, -0.1) is 0 Å². The van der Waals surface area contributed by atoms with Crippen molar-refractivity contribution in [1.29, 1.82) is 0 Å². The summed E-state index contributed by atoms with van der Waals surface area (Å²) >= 11 is 0. The fourth-order valence-corrected chi connectivity index (χ4v) is 5.34. The molecule has 1 aliphatic heterocycles. The van der Waals surface area contributed by atoms with Crippen LogP contribution >= 0.6 is 0 Å².